The monoisotopic (exact) mass is 332 g/mol. The molecule has 134 valence electrons. The molecular weight excluding hydrogens is 300 g/mol. The zero-order chi connectivity index (χ0) is 17.8. The zero-order valence-corrected chi connectivity index (χ0v) is 15.3. The second kappa shape index (κ2) is 11.8. The number of methoxy groups -OCH3 is 1. The van der Waals surface area contributed by atoms with E-state index in [1.54, 1.807) is 7.11 Å². The van der Waals surface area contributed by atoms with E-state index in [1.165, 1.54) is 0 Å². The lowest BCUT2D eigenvalue weighted by molar-refractivity contribution is 0.209. The van der Waals surface area contributed by atoms with Crippen LogP contribution >= 0.6 is 0 Å². The van der Waals surface area contributed by atoms with Crippen molar-refractivity contribution >= 4 is 5.71 Å². The summed E-state index contributed by atoms with van der Waals surface area (Å²) in [6.45, 7) is 8.93. The third kappa shape index (κ3) is 7.75. The molecule has 2 N–H and O–H groups in total. The van der Waals surface area contributed by atoms with Gasteiger partial charge in [0.1, 0.15) is 0 Å². The fraction of sp³-hybridized carbons (Fsp3) is 0.550. The van der Waals surface area contributed by atoms with E-state index in [4.69, 9.17) is 4.74 Å². The first-order chi connectivity index (χ1) is 11.6. The number of hydrogen-bond donors (Lipinski definition) is 2. The maximum absolute atomic E-state index is 10.6. The lowest BCUT2D eigenvalue weighted by Gasteiger charge is -2.17. The van der Waals surface area contributed by atoms with Gasteiger partial charge in [-0.15, -0.1) is 6.58 Å². The summed E-state index contributed by atoms with van der Waals surface area (Å²) in [4.78, 5) is 4.44. The molecule has 1 atom stereocenters. The van der Waals surface area contributed by atoms with Gasteiger partial charge in [0.05, 0.1) is 19.0 Å². The Labute approximate surface area is 146 Å². The van der Waals surface area contributed by atoms with Crippen molar-refractivity contribution < 1.29 is 9.84 Å². The highest BCUT2D eigenvalue weighted by molar-refractivity contribution is 5.87. The van der Waals surface area contributed by atoms with Crippen molar-refractivity contribution in [3.8, 4) is 0 Å². The smallest absolute Gasteiger partial charge is 0.0928 e. The molecule has 0 amide bonds. The Balaban J connectivity index is 2.66. The van der Waals surface area contributed by atoms with Crippen LogP contribution < -0.4 is 5.32 Å². The zero-order valence-electron chi connectivity index (χ0n) is 15.3. The molecule has 4 nitrogen and oxygen atoms in total. The number of aliphatic hydroxyl groups excluding tert-OH is 1. The molecule has 0 aromatic rings. The van der Waals surface area contributed by atoms with Gasteiger partial charge in [-0.25, -0.2) is 0 Å². The summed E-state index contributed by atoms with van der Waals surface area (Å²) in [6.07, 6.45) is 12.3. The number of rotatable bonds is 10. The second-order valence-electron chi connectivity index (χ2n) is 6.14. The quantitative estimate of drug-likeness (QED) is 0.362. The van der Waals surface area contributed by atoms with E-state index >= 15 is 0 Å². The van der Waals surface area contributed by atoms with Gasteiger partial charge in [-0.2, -0.15) is 0 Å². The van der Waals surface area contributed by atoms with E-state index in [0.29, 0.717) is 13.1 Å². The summed E-state index contributed by atoms with van der Waals surface area (Å²) in [5.41, 5.74) is 3.23. The highest BCUT2D eigenvalue weighted by Crippen LogP contribution is 2.18. The lowest BCUT2D eigenvalue weighted by atomic mass is 9.99. The fourth-order valence-electron chi connectivity index (χ4n) is 2.56. The van der Waals surface area contributed by atoms with Gasteiger partial charge in [0.2, 0.25) is 0 Å². The van der Waals surface area contributed by atoms with Gasteiger partial charge in [0, 0.05) is 25.0 Å². The van der Waals surface area contributed by atoms with Gasteiger partial charge in [-0.05, 0) is 57.6 Å². The molecule has 0 aromatic carbocycles. The Bertz CT molecular complexity index is 516. The van der Waals surface area contributed by atoms with Crippen molar-refractivity contribution in [2.45, 2.75) is 52.1 Å². The minimum absolute atomic E-state index is 0.497. The van der Waals surface area contributed by atoms with Crippen molar-refractivity contribution in [2.75, 3.05) is 20.2 Å². The molecule has 0 aliphatic carbocycles. The van der Waals surface area contributed by atoms with Crippen molar-refractivity contribution in [3.05, 3.63) is 47.9 Å². The molecule has 0 fully saturated rings. The Morgan fingerprint density at radius 3 is 3.00 bits per heavy atom. The molecule has 1 aliphatic rings. The maximum Gasteiger partial charge on any atom is 0.0928 e. The van der Waals surface area contributed by atoms with Gasteiger partial charge in [0.25, 0.3) is 0 Å². The first-order valence-corrected chi connectivity index (χ1v) is 8.70. The van der Waals surface area contributed by atoms with Crippen molar-refractivity contribution in [3.63, 3.8) is 0 Å². The van der Waals surface area contributed by atoms with Crippen LogP contribution in [0.25, 0.3) is 0 Å². The van der Waals surface area contributed by atoms with Crippen LogP contribution in [-0.4, -0.2) is 37.1 Å². The first kappa shape index (κ1) is 20.4. The Hall–Kier alpha value is -1.65. The number of aliphatic hydroxyl groups is 1. The molecule has 1 rings (SSSR count). The molecule has 1 aliphatic heterocycles. The number of ether oxygens (including phenoxy) is 1. The second-order valence-corrected chi connectivity index (χ2v) is 6.14. The number of nitrogens with zero attached hydrogens (tertiary/aromatic N) is 1. The predicted molar refractivity (Wildman–Crippen MR) is 102 cm³/mol. The van der Waals surface area contributed by atoms with Crippen LogP contribution in [0.3, 0.4) is 0 Å². The van der Waals surface area contributed by atoms with Crippen LogP contribution in [0.2, 0.25) is 0 Å². The summed E-state index contributed by atoms with van der Waals surface area (Å²) in [6, 6.07) is 0. The van der Waals surface area contributed by atoms with Gasteiger partial charge in [0.15, 0.2) is 0 Å². The number of aliphatic imine (C=N–C) groups is 1. The highest BCUT2D eigenvalue weighted by Gasteiger charge is 2.13. The summed E-state index contributed by atoms with van der Waals surface area (Å²) in [7, 11) is 1.64. The van der Waals surface area contributed by atoms with Gasteiger partial charge >= 0.3 is 0 Å². The fourth-order valence-corrected chi connectivity index (χ4v) is 2.56. The van der Waals surface area contributed by atoms with Crippen molar-refractivity contribution in [2.24, 2.45) is 4.99 Å². The van der Waals surface area contributed by atoms with Crippen LogP contribution in [0.1, 0.15) is 46.0 Å². The van der Waals surface area contributed by atoms with Crippen LogP contribution in [0.15, 0.2) is 52.9 Å². The maximum atomic E-state index is 10.6. The van der Waals surface area contributed by atoms with Gasteiger partial charge < -0.3 is 15.2 Å². The minimum atomic E-state index is -0.568. The van der Waals surface area contributed by atoms with E-state index in [2.05, 4.69) is 29.9 Å². The molecule has 0 bridgehead atoms. The third-order valence-corrected chi connectivity index (χ3v) is 4.12. The Kier molecular flexibility index (Phi) is 10.0. The molecule has 0 radical (unpaired) electrons. The Morgan fingerprint density at radius 2 is 2.29 bits per heavy atom. The van der Waals surface area contributed by atoms with Crippen LogP contribution in [0.5, 0.6) is 0 Å². The van der Waals surface area contributed by atoms with Crippen LogP contribution in [0, 0.1) is 0 Å². The number of nitrogens with one attached hydrogen (secondary N) is 1. The highest BCUT2D eigenvalue weighted by atomic mass is 16.5. The van der Waals surface area contributed by atoms with E-state index in [-0.39, 0.29) is 0 Å². The SMILES string of the molecule is C=CCC/C(C)=C(\C=C(/C)OC)C(O)CNCC1=NC=CCCC1. The molecule has 0 aromatic heterocycles. The lowest BCUT2D eigenvalue weighted by Crippen LogP contribution is -2.32. The molecule has 4 heteroatoms. The van der Waals surface area contributed by atoms with Crippen molar-refractivity contribution in [1.29, 1.82) is 0 Å². The summed E-state index contributed by atoms with van der Waals surface area (Å²) < 4.78 is 5.25. The van der Waals surface area contributed by atoms with E-state index < -0.39 is 6.10 Å². The molecule has 0 saturated heterocycles. The van der Waals surface area contributed by atoms with E-state index in [0.717, 1.165) is 54.7 Å². The average Bonchev–Trinajstić information content (AvgIpc) is 2.85. The first-order valence-electron chi connectivity index (χ1n) is 8.70. The number of hydrogen-bond acceptors (Lipinski definition) is 4. The molecular formula is C20H32N2O2. The van der Waals surface area contributed by atoms with Gasteiger partial charge in [-0.1, -0.05) is 17.7 Å². The molecule has 24 heavy (non-hydrogen) atoms. The molecule has 1 heterocycles. The minimum Gasteiger partial charge on any atom is -0.501 e. The van der Waals surface area contributed by atoms with Crippen molar-refractivity contribution in [1.82, 2.24) is 5.32 Å². The van der Waals surface area contributed by atoms with E-state index in [9.17, 15) is 5.11 Å². The third-order valence-electron chi connectivity index (χ3n) is 4.12. The molecule has 0 saturated carbocycles. The summed E-state index contributed by atoms with van der Waals surface area (Å²) in [5, 5.41) is 13.9. The molecule has 1 unspecified atom stereocenters. The largest absolute Gasteiger partial charge is 0.501 e. The summed E-state index contributed by atoms with van der Waals surface area (Å²) >= 11 is 0. The van der Waals surface area contributed by atoms with Crippen LogP contribution in [0.4, 0.5) is 0 Å². The summed E-state index contributed by atoms with van der Waals surface area (Å²) in [5.74, 6) is 0.792. The Morgan fingerprint density at radius 1 is 1.50 bits per heavy atom. The molecule has 0 spiro atoms. The number of allylic oxidation sites excluding steroid dienone is 4. The topological polar surface area (TPSA) is 53.9 Å². The predicted octanol–water partition coefficient (Wildman–Crippen LogP) is 3.91. The normalized spacial score (nSPS) is 17.7. The van der Waals surface area contributed by atoms with Gasteiger partial charge in [-0.3, -0.25) is 4.99 Å². The van der Waals surface area contributed by atoms with E-state index in [1.807, 2.05) is 25.3 Å². The average molecular weight is 332 g/mol. The standard InChI is InChI=1S/C20H32N2O2/c1-5-6-10-16(2)19(13-17(3)24-4)20(23)15-21-14-18-11-8-7-9-12-22-18/h5,9,12-13,20-21,23H,1,6-8,10-11,14-15H2,2-4H3/b17-13+,19-16+. The van der Waals surface area contributed by atoms with Crippen LogP contribution in [-0.2, 0) is 4.74 Å².